The summed E-state index contributed by atoms with van der Waals surface area (Å²) in [5.41, 5.74) is 0.998. The van der Waals surface area contributed by atoms with Gasteiger partial charge >= 0.3 is 115 Å². The van der Waals surface area contributed by atoms with Crippen molar-refractivity contribution in [1.29, 1.82) is 5.26 Å². The van der Waals surface area contributed by atoms with Crippen molar-refractivity contribution in [1.82, 2.24) is 20.4 Å². The summed E-state index contributed by atoms with van der Waals surface area (Å²) in [6.45, 7) is 11.7. The number of carbonyl (C=O) groups excluding carboxylic acids is 4. The zero-order chi connectivity index (χ0) is 59.2. The average Bonchev–Trinajstić information content (AvgIpc) is 3.82. The number of thiophene rings is 2. The molecule has 4 saturated carbocycles. The maximum Gasteiger partial charge on any atom is 1.00 e. The van der Waals surface area contributed by atoms with E-state index in [9.17, 15) is 49.1 Å². The van der Waals surface area contributed by atoms with Crippen LogP contribution in [-0.4, -0.2) is 100 Å². The Balaban J connectivity index is 0.000000319. The maximum atomic E-state index is 13.4. The van der Waals surface area contributed by atoms with Gasteiger partial charge in [-0.25, -0.2) is 0 Å². The van der Waals surface area contributed by atoms with Crippen LogP contribution in [-0.2, 0) is 50.7 Å². The van der Waals surface area contributed by atoms with Crippen molar-refractivity contribution in [3.05, 3.63) is 69.4 Å². The summed E-state index contributed by atoms with van der Waals surface area (Å²) >= 11 is 2.39. The Morgan fingerprint density at radius 2 is 1.11 bits per heavy atom. The number of likely N-dealkylation sites (tertiary alicyclic amines) is 2. The molecule has 25 heteroatoms. The normalized spacial score (nSPS) is 24.5. The Kier molecular flexibility index (Phi) is 30.6. The Morgan fingerprint density at radius 3 is 1.48 bits per heavy atom. The second kappa shape index (κ2) is 34.4. The van der Waals surface area contributed by atoms with Crippen molar-refractivity contribution in [2.75, 3.05) is 45.6 Å². The predicted molar refractivity (Wildman–Crippen MR) is 299 cm³/mol. The molecule has 0 bridgehead atoms. The molecule has 4 aliphatic carbocycles. The van der Waals surface area contributed by atoms with E-state index in [1.165, 1.54) is 73.5 Å². The third-order valence-electron chi connectivity index (χ3n) is 16.5. The monoisotopic (exact) mass is 1280 g/mol. The Morgan fingerprint density at radius 1 is 0.723 bits per heavy atom. The summed E-state index contributed by atoms with van der Waals surface area (Å²) in [4.78, 5) is 51.5. The summed E-state index contributed by atoms with van der Waals surface area (Å²) in [7, 11) is -3.39. The van der Waals surface area contributed by atoms with Crippen molar-refractivity contribution in [3.8, 4) is 6.07 Å². The number of carbonyl (C=O) groups is 4. The number of hydrogen-bond donors (Lipinski definition) is 2. The summed E-state index contributed by atoms with van der Waals surface area (Å²) in [5, 5.41) is 27.4. The standard InChI is InChI=1S/C26H33F3N2OS.C16H16F3NOS.C13H23NO4S.C2H3N.CH2O3.2K.H/c1-16-5-7-19(8-6-16)30-25(32)21-13-18(21)14-31-11-9-17(10-12-31)22-15-33-24-20(22)3-2-4-23(24)26(27,28)29;1-10(21)20-7-5-11(6-8-20)13-9-22-15-12(13)3-2-4-14(15)16(17,18)19;1-9-3-5-11(6-4-9)14-13(15)12-7-10(12)8-18-19(2,16)17;1-2-3;2-1-4-3;;;/h2-4,15-19,21H,5-14H2,1H3,(H,30,32);2-4,9,11H,5-8H2,1H3;9-12H,3-8H2,1-2H3,(H,14,15);1H3;1,3H;;;/q;;;;;2*+1;-1/p-1/t16?,18?,19?,21-;;9?,10-,11?,12?;;;;;/m1.0...../s1. The molecule has 6 aliphatic rings. The second-order valence-corrected chi connectivity index (χ2v) is 26.0. The number of piperidine rings is 2. The fourth-order valence-corrected chi connectivity index (χ4v) is 14.5. The molecule has 2 saturated heterocycles. The number of alkyl halides is 6. The van der Waals surface area contributed by atoms with Crippen molar-refractivity contribution in [2.24, 2.45) is 35.5 Å². The molecule has 10 rings (SSSR count). The summed E-state index contributed by atoms with van der Waals surface area (Å²) < 4.78 is 106. The van der Waals surface area contributed by atoms with E-state index in [1.807, 2.05) is 16.8 Å². The number of rotatable bonds is 12. The van der Waals surface area contributed by atoms with Gasteiger partial charge in [-0.3, -0.25) is 23.4 Å². The topological polar surface area (TPSA) is 198 Å². The van der Waals surface area contributed by atoms with Gasteiger partial charge in [0.25, 0.3) is 16.6 Å². The molecule has 4 atom stereocenters. The van der Waals surface area contributed by atoms with Gasteiger partial charge in [0.2, 0.25) is 17.7 Å². The Bertz CT molecular complexity index is 2880. The molecule has 83 heavy (non-hydrogen) atoms. The van der Waals surface area contributed by atoms with E-state index >= 15 is 0 Å². The van der Waals surface area contributed by atoms with Crippen LogP contribution in [0.4, 0.5) is 26.3 Å². The number of nitrogens with one attached hydrogen (secondary N) is 2. The van der Waals surface area contributed by atoms with Crippen LogP contribution in [0.5, 0.6) is 0 Å². The van der Waals surface area contributed by atoms with Crippen molar-refractivity contribution < 1.29 is 172 Å². The Labute approximate surface area is 578 Å². The number of amides is 3. The molecular weight excluding hydrogens is 1200 g/mol. The van der Waals surface area contributed by atoms with E-state index in [2.05, 4.69) is 34.3 Å². The quantitative estimate of drug-likeness (QED) is 0.0457. The smallest absolute Gasteiger partial charge is 1.00 e. The summed E-state index contributed by atoms with van der Waals surface area (Å²) in [5.74, 6) is 3.12. The van der Waals surface area contributed by atoms with Crippen LogP contribution in [0.25, 0.3) is 20.2 Å². The molecule has 2 aliphatic heterocycles. The van der Waals surface area contributed by atoms with E-state index in [4.69, 9.17) is 19.5 Å². The number of hydrogen-bond acceptors (Lipinski definition) is 13. The van der Waals surface area contributed by atoms with Gasteiger partial charge in [0.05, 0.1) is 30.1 Å². The molecule has 2 aromatic heterocycles. The molecule has 0 radical (unpaired) electrons. The van der Waals surface area contributed by atoms with Crippen molar-refractivity contribution in [2.45, 2.75) is 154 Å². The molecule has 6 fully saturated rings. The average molecular weight is 1280 g/mol. The van der Waals surface area contributed by atoms with Crippen LogP contribution in [0.15, 0.2) is 47.2 Å². The minimum absolute atomic E-state index is 0. The number of nitrogens with zero attached hydrogens (tertiary/aromatic N) is 3. The summed E-state index contributed by atoms with van der Waals surface area (Å²) in [6, 6.07) is 11.4. The van der Waals surface area contributed by atoms with Gasteiger partial charge in [-0.05, 0) is 183 Å². The van der Waals surface area contributed by atoms with Crippen LogP contribution >= 0.6 is 22.7 Å². The first kappa shape index (κ1) is 73.9. The maximum absolute atomic E-state index is 13.4. The number of halogens is 6. The molecule has 2 aromatic carbocycles. The first-order valence-corrected chi connectivity index (χ1v) is 31.5. The fourth-order valence-electron chi connectivity index (χ4n) is 11.7. The van der Waals surface area contributed by atoms with E-state index in [0.717, 1.165) is 125 Å². The van der Waals surface area contributed by atoms with Gasteiger partial charge in [0, 0.05) is 66.8 Å². The van der Waals surface area contributed by atoms with Crippen LogP contribution < -0.4 is 119 Å². The van der Waals surface area contributed by atoms with Crippen LogP contribution in [0.1, 0.15) is 153 Å². The fraction of sp³-hybridized carbons (Fsp3) is 0.638. The van der Waals surface area contributed by atoms with Gasteiger partial charge in [-0.15, -0.1) is 22.7 Å². The van der Waals surface area contributed by atoms with Crippen LogP contribution in [0.3, 0.4) is 0 Å². The second-order valence-electron chi connectivity index (χ2n) is 22.6. The first-order valence-electron chi connectivity index (χ1n) is 28.0. The van der Waals surface area contributed by atoms with Gasteiger partial charge in [-0.2, -0.15) is 40.0 Å². The van der Waals surface area contributed by atoms with Crippen molar-refractivity contribution >= 4 is 77.2 Å². The molecule has 3 amide bonds. The van der Waals surface area contributed by atoms with E-state index < -0.39 is 33.6 Å². The third-order valence-corrected chi connectivity index (χ3v) is 19.2. The minimum atomic E-state index is -4.32. The number of nitriles is 1. The zero-order valence-corrected chi connectivity index (χ0v) is 57.3. The molecule has 0 spiro atoms. The Hall–Kier alpha value is -1.59. The predicted octanol–water partition coefficient (Wildman–Crippen LogP) is 5.46. The van der Waals surface area contributed by atoms with Gasteiger partial charge < -0.3 is 32.0 Å². The molecule has 2 unspecified atom stereocenters. The first-order chi connectivity index (χ1) is 38.3. The SMILES string of the molecule is CC#N.CC(=O)N1CCC(c2csc3c(C(F)(F)F)cccc23)CC1.CC1CCC(NC(=O)C2C[C@H]2COS(C)(=O)=O)CC1.CC1CCC(NC(=O)[C@@H]2CC2CN2CCC(c3csc4c(C(F)(F)F)cccc34)CC2)CC1.O=CO[O-].[H-].[K+].[K+]. The third kappa shape index (κ3) is 22.8. The van der Waals surface area contributed by atoms with Crippen molar-refractivity contribution in [3.63, 3.8) is 0 Å². The minimum Gasteiger partial charge on any atom is -1.00 e. The molecule has 14 nitrogen and oxygen atoms in total. The largest absolute Gasteiger partial charge is 1.00 e. The van der Waals surface area contributed by atoms with Gasteiger partial charge in [-0.1, -0.05) is 38.1 Å². The van der Waals surface area contributed by atoms with Gasteiger partial charge in [0.1, 0.15) is 0 Å². The molecule has 4 aromatic rings. The number of fused-ring (bicyclic) bond motifs is 2. The van der Waals surface area contributed by atoms with Crippen LogP contribution in [0.2, 0.25) is 0 Å². The van der Waals surface area contributed by atoms with Gasteiger partial charge in [0.15, 0.2) is 0 Å². The van der Waals surface area contributed by atoms with Crippen LogP contribution in [0, 0.1) is 46.8 Å². The zero-order valence-electron chi connectivity index (χ0n) is 49.6. The molecular formula is C58H77F6K2N5O9S3. The molecule has 2 N–H and O–H groups in total. The number of benzene rings is 2. The molecule has 4 heterocycles. The van der Waals surface area contributed by atoms with E-state index in [1.54, 1.807) is 24.0 Å². The van der Waals surface area contributed by atoms with E-state index in [0.29, 0.717) is 51.8 Å². The summed E-state index contributed by atoms with van der Waals surface area (Å²) in [6.07, 6.45) is 6.80. The molecule has 450 valence electrons. The van der Waals surface area contributed by atoms with E-state index in [-0.39, 0.29) is 159 Å².